The number of fused-ring (bicyclic) bond motifs is 2. The number of hydrogen-bond acceptors (Lipinski definition) is 2. The molecule has 0 saturated heterocycles. The molecule has 5 rings (SSSR count). The van der Waals surface area contributed by atoms with Crippen molar-refractivity contribution in [3.05, 3.63) is 78.1 Å². The number of rotatable bonds is 2. The molecule has 0 amide bonds. The van der Waals surface area contributed by atoms with Crippen molar-refractivity contribution < 1.29 is 4.57 Å². The lowest BCUT2D eigenvalue weighted by atomic mass is 9.62. The summed E-state index contributed by atoms with van der Waals surface area (Å²) in [5.74, 6) is 0. The van der Waals surface area contributed by atoms with Gasteiger partial charge in [-0.2, -0.15) is 0 Å². The van der Waals surface area contributed by atoms with Gasteiger partial charge >= 0.3 is 6.98 Å². The van der Waals surface area contributed by atoms with E-state index < -0.39 is 0 Å². The Morgan fingerprint density at radius 3 is 2.28 bits per heavy atom. The fraction of sp³-hybridized carbons (Fsp3) is 0.208. The van der Waals surface area contributed by atoms with Crippen molar-refractivity contribution >= 4 is 34.9 Å². The van der Waals surface area contributed by atoms with Gasteiger partial charge in [0.15, 0.2) is 0 Å². The van der Waals surface area contributed by atoms with Crippen LogP contribution in [0.1, 0.15) is 11.1 Å². The highest BCUT2D eigenvalue weighted by molar-refractivity contribution is 6.82. The summed E-state index contributed by atoms with van der Waals surface area (Å²) in [5, 5.41) is 0. The third kappa shape index (κ3) is 2.57. The molecule has 0 N–H and O–H groups in total. The van der Waals surface area contributed by atoms with Crippen molar-refractivity contribution in [1.29, 1.82) is 0 Å². The third-order valence-electron chi connectivity index (χ3n) is 6.25. The third-order valence-corrected chi connectivity index (χ3v) is 6.25. The van der Waals surface area contributed by atoms with Crippen LogP contribution in [0, 0.1) is 20.2 Å². The molecule has 5 heteroatoms. The molecular formula is C24H25BN4. The van der Waals surface area contributed by atoms with Gasteiger partial charge < -0.3 is 18.8 Å². The van der Waals surface area contributed by atoms with Crippen LogP contribution in [0.2, 0.25) is 0 Å². The van der Waals surface area contributed by atoms with E-state index in [9.17, 15) is 0 Å². The maximum atomic E-state index is 3.45. The van der Waals surface area contributed by atoms with Crippen molar-refractivity contribution in [2.45, 2.75) is 13.8 Å². The van der Waals surface area contributed by atoms with Crippen LogP contribution in [0.25, 0.3) is 16.7 Å². The summed E-state index contributed by atoms with van der Waals surface area (Å²) in [4.78, 5) is 4.77. The first kappa shape index (κ1) is 17.9. The summed E-state index contributed by atoms with van der Waals surface area (Å²) in [6.45, 7) is 4.61. The molecule has 4 aromatic rings. The predicted octanol–water partition coefficient (Wildman–Crippen LogP) is 3.15. The lowest BCUT2D eigenvalue weighted by Gasteiger charge is -2.26. The molecule has 0 spiro atoms. The Balaban J connectivity index is 1.63. The van der Waals surface area contributed by atoms with E-state index in [4.69, 9.17) is 0 Å². The van der Waals surface area contributed by atoms with Gasteiger partial charge in [0, 0.05) is 11.4 Å². The predicted molar refractivity (Wildman–Crippen MR) is 121 cm³/mol. The fourth-order valence-electron chi connectivity index (χ4n) is 4.77. The Labute approximate surface area is 172 Å². The zero-order chi connectivity index (χ0) is 20.3. The monoisotopic (exact) mass is 380 g/mol. The number of imidazole rings is 1. The highest BCUT2D eigenvalue weighted by atomic mass is 15.3. The maximum absolute atomic E-state index is 3.45. The molecule has 4 nitrogen and oxygen atoms in total. The van der Waals surface area contributed by atoms with Crippen molar-refractivity contribution in [2.24, 2.45) is 7.05 Å². The molecule has 1 aliphatic rings. The lowest BCUT2D eigenvalue weighted by molar-refractivity contribution is -0.649. The van der Waals surface area contributed by atoms with Crippen molar-refractivity contribution in [3.8, 4) is 5.69 Å². The molecule has 144 valence electrons. The van der Waals surface area contributed by atoms with Gasteiger partial charge in [0.25, 0.3) is 0 Å². The van der Waals surface area contributed by atoms with Gasteiger partial charge in [0.05, 0.1) is 23.8 Å². The van der Waals surface area contributed by atoms with Crippen LogP contribution in [0.3, 0.4) is 0 Å². The smallest absolute Gasteiger partial charge is 0.394 e. The Bertz CT molecular complexity index is 1220. The van der Waals surface area contributed by atoms with E-state index in [0.717, 1.165) is 11.2 Å². The van der Waals surface area contributed by atoms with E-state index >= 15 is 0 Å². The number of para-hydroxylation sites is 2. The van der Waals surface area contributed by atoms with Crippen LogP contribution in [0.15, 0.2) is 60.7 Å². The van der Waals surface area contributed by atoms with E-state index in [-0.39, 0.29) is 6.98 Å². The van der Waals surface area contributed by atoms with Crippen molar-refractivity contribution in [2.75, 3.05) is 23.7 Å². The first-order valence-electron chi connectivity index (χ1n) is 10.0. The summed E-state index contributed by atoms with van der Waals surface area (Å²) in [5.41, 5.74) is 10.0. The lowest BCUT2D eigenvalue weighted by Crippen LogP contribution is -2.55. The Morgan fingerprint density at radius 1 is 0.828 bits per heavy atom. The summed E-state index contributed by atoms with van der Waals surface area (Å²) in [6.07, 6.45) is 3.45. The highest BCUT2D eigenvalue weighted by Crippen LogP contribution is 2.38. The molecule has 0 atom stereocenters. The van der Waals surface area contributed by atoms with Crippen LogP contribution >= 0.6 is 0 Å². The molecule has 3 aromatic carbocycles. The maximum Gasteiger partial charge on any atom is 0.411 e. The zero-order valence-corrected chi connectivity index (χ0v) is 17.6. The molecule has 0 fully saturated rings. The molecule has 1 aliphatic heterocycles. The Morgan fingerprint density at radius 2 is 1.52 bits per heavy atom. The second kappa shape index (κ2) is 6.41. The number of aromatic nitrogens is 2. The zero-order valence-electron chi connectivity index (χ0n) is 17.6. The topological polar surface area (TPSA) is 15.3 Å². The molecule has 2 heterocycles. The van der Waals surface area contributed by atoms with Crippen LogP contribution in [-0.4, -0.2) is 25.6 Å². The SMILES string of the molecule is Cc1cccc(C)c1B1N(C)c2ccc(-n3[c-][n+](C)c4ccccc43)cc2N1C. The van der Waals surface area contributed by atoms with Gasteiger partial charge in [-0.1, -0.05) is 59.7 Å². The van der Waals surface area contributed by atoms with Gasteiger partial charge in [-0.25, -0.2) is 0 Å². The molecule has 0 saturated carbocycles. The molecule has 0 bridgehead atoms. The standard InChI is InChI=1S/C24H25BN4/c1-17-9-8-10-18(2)24(17)25-27(4)21-14-13-19(15-23(21)28(25)5)29-16-26(3)20-11-6-7-12-22(20)29/h6-15H,1-5H3. The van der Waals surface area contributed by atoms with Crippen LogP contribution in [0.4, 0.5) is 11.4 Å². The molecule has 0 aliphatic carbocycles. The van der Waals surface area contributed by atoms with E-state index in [1.165, 1.54) is 33.5 Å². The second-order valence-electron chi connectivity index (χ2n) is 8.06. The molecule has 0 unspecified atom stereocenters. The van der Waals surface area contributed by atoms with Crippen LogP contribution < -0.4 is 19.7 Å². The average Bonchev–Trinajstić information content (AvgIpc) is 3.18. The summed E-state index contributed by atoms with van der Waals surface area (Å²) < 4.78 is 4.20. The Hall–Kier alpha value is -3.21. The van der Waals surface area contributed by atoms with Crippen LogP contribution in [0.5, 0.6) is 0 Å². The van der Waals surface area contributed by atoms with E-state index in [1.807, 2.05) is 7.05 Å². The molecule has 29 heavy (non-hydrogen) atoms. The van der Waals surface area contributed by atoms with E-state index in [1.54, 1.807) is 0 Å². The number of aryl methyl sites for hydroxylation is 3. The van der Waals surface area contributed by atoms with Crippen molar-refractivity contribution in [1.82, 2.24) is 4.57 Å². The van der Waals surface area contributed by atoms with E-state index in [0.29, 0.717) is 0 Å². The largest absolute Gasteiger partial charge is 0.411 e. The first-order chi connectivity index (χ1) is 14.0. The van der Waals surface area contributed by atoms with Gasteiger partial charge in [0.2, 0.25) is 6.33 Å². The molecule has 0 radical (unpaired) electrons. The van der Waals surface area contributed by atoms with Crippen molar-refractivity contribution in [3.63, 3.8) is 0 Å². The number of anilines is 2. The second-order valence-corrected chi connectivity index (χ2v) is 8.06. The van der Waals surface area contributed by atoms with Gasteiger partial charge in [-0.05, 0) is 45.5 Å². The van der Waals surface area contributed by atoms with Gasteiger partial charge in [0.1, 0.15) is 0 Å². The Kier molecular flexibility index (Phi) is 3.95. The minimum absolute atomic E-state index is 0.197. The van der Waals surface area contributed by atoms with E-state index in [2.05, 4.69) is 114 Å². The normalized spacial score (nSPS) is 13.5. The highest BCUT2D eigenvalue weighted by Gasteiger charge is 2.39. The quantitative estimate of drug-likeness (QED) is 0.302. The minimum Gasteiger partial charge on any atom is -0.394 e. The molecule has 1 aromatic heterocycles. The minimum atomic E-state index is 0.197. The first-order valence-corrected chi connectivity index (χ1v) is 10.0. The average molecular weight is 380 g/mol. The fourth-order valence-corrected chi connectivity index (χ4v) is 4.77. The number of benzene rings is 3. The number of hydrogen-bond donors (Lipinski definition) is 0. The van der Waals surface area contributed by atoms with Gasteiger partial charge in [-0.3, -0.25) is 0 Å². The molecular weight excluding hydrogens is 355 g/mol. The summed E-state index contributed by atoms with van der Waals surface area (Å²) in [7, 11) is 6.43. The summed E-state index contributed by atoms with van der Waals surface area (Å²) in [6, 6.07) is 21.7. The van der Waals surface area contributed by atoms with Crippen LogP contribution in [-0.2, 0) is 7.05 Å². The number of nitrogens with zero attached hydrogens (tertiary/aromatic N) is 4. The summed E-state index contributed by atoms with van der Waals surface area (Å²) >= 11 is 0. The van der Waals surface area contributed by atoms with Gasteiger partial charge in [-0.15, -0.1) is 0 Å².